The van der Waals surface area contributed by atoms with Crippen LogP contribution in [0.3, 0.4) is 0 Å². The largest absolute Gasteiger partial charge is 0.481 e. The molecule has 76 valence electrons. The summed E-state index contributed by atoms with van der Waals surface area (Å²) in [6, 6.07) is 6.61. The molecule has 4 heteroatoms. The molecule has 0 saturated carbocycles. The van der Waals surface area contributed by atoms with Crippen molar-refractivity contribution in [2.75, 3.05) is 6.67 Å². The van der Waals surface area contributed by atoms with Crippen molar-refractivity contribution in [1.29, 1.82) is 0 Å². The third kappa shape index (κ3) is 2.45. The molecule has 0 saturated heterocycles. The molecule has 0 radical (unpaired) electrons. The zero-order valence-electron chi connectivity index (χ0n) is 7.41. The van der Waals surface area contributed by atoms with Gasteiger partial charge >= 0.3 is 5.97 Å². The maximum atomic E-state index is 12.1. The van der Waals surface area contributed by atoms with E-state index in [1.54, 1.807) is 24.3 Å². The van der Waals surface area contributed by atoms with Crippen molar-refractivity contribution in [3.63, 3.8) is 0 Å². The zero-order valence-corrected chi connectivity index (χ0v) is 8.17. The van der Waals surface area contributed by atoms with Crippen LogP contribution in [-0.4, -0.2) is 17.8 Å². The third-order valence-corrected chi connectivity index (χ3v) is 2.32. The molecular weight excluding hydrogens is 207 g/mol. The molecule has 0 spiro atoms. The van der Waals surface area contributed by atoms with Gasteiger partial charge in [0.2, 0.25) is 0 Å². The number of alkyl halides is 1. The number of carboxylic acid groups (broad SMARTS) is 1. The predicted octanol–water partition coefficient (Wildman–Crippen LogP) is 2.87. The highest BCUT2D eigenvalue weighted by atomic mass is 35.5. The van der Waals surface area contributed by atoms with E-state index in [1.807, 2.05) is 0 Å². The fourth-order valence-corrected chi connectivity index (χ4v) is 1.55. The Morgan fingerprint density at radius 1 is 1.50 bits per heavy atom. The second-order valence-electron chi connectivity index (χ2n) is 2.89. The van der Waals surface area contributed by atoms with Gasteiger partial charge < -0.3 is 5.11 Å². The minimum Gasteiger partial charge on any atom is -0.481 e. The van der Waals surface area contributed by atoms with Gasteiger partial charge in [0.25, 0.3) is 0 Å². The highest BCUT2D eigenvalue weighted by Crippen LogP contribution is 2.27. The van der Waals surface area contributed by atoms with Gasteiger partial charge in [-0.25, -0.2) is 0 Å². The standard InChI is InChI=1S/C10H10ClFO2/c11-9-4-2-1-3-7(9)8(5-6-12)10(13)14/h1-4,8H,5-6H2,(H,13,14). The highest BCUT2D eigenvalue weighted by Gasteiger charge is 2.21. The average molecular weight is 217 g/mol. The van der Waals surface area contributed by atoms with Crippen LogP contribution >= 0.6 is 11.6 Å². The van der Waals surface area contributed by atoms with Crippen molar-refractivity contribution in [2.45, 2.75) is 12.3 Å². The summed E-state index contributed by atoms with van der Waals surface area (Å²) in [6.45, 7) is -0.664. The molecule has 1 atom stereocenters. The monoisotopic (exact) mass is 216 g/mol. The summed E-state index contributed by atoms with van der Waals surface area (Å²) < 4.78 is 12.1. The lowest BCUT2D eigenvalue weighted by molar-refractivity contribution is -0.139. The maximum Gasteiger partial charge on any atom is 0.311 e. The van der Waals surface area contributed by atoms with Crippen LogP contribution in [0.4, 0.5) is 4.39 Å². The van der Waals surface area contributed by atoms with Crippen LogP contribution in [0, 0.1) is 0 Å². The molecule has 2 nitrogen and oxygen atoms in total. The second-order valence-corrected chi connectivity index (χ2v) is 3.30. The Kier molecular flexibility index (Phi) is 3.89. The summed E-state index contributed by atoms with van der Waals surface area (Å²) in [7, 11) is 0. The number of benzene rings is 1. The molecule has 14 heavy (non-hydrogen) atoms. The van der Waals surface area contributed by atoms with Crippen molar-refractivity contribution in [1.82, 2.24) is 0 Å². The Bertz CT molecular complexity index is 328. The minimum atomic E-state index is -1.05. The van der Waals surface area contributed by atoms with Crippen molar-refractivity contribution in [3.05, 3.63) is 34.9 Å². The topological polar surface area (TPSA) is 37.3 Å². The third-order valence-electron chi connectivity index (χ3n) is 1.98. The van der Waals surface area contributed by atoms with Gasteiger partial charge in [0.15, 0.2) is 0 Å². The summed E-state index contributed by atoms with van der Waals surface area (Å²) in [6.07, 6.45) is -0.0426. The molecule has 0 bridgehead atoms. The summed E-state index contributed by atoms with van der Waals surface area (Å²) in [5, 5.41) is 9.23. The van der Waals surface area contributed by atoms with Crippen molar-refractivity contribution < 1.29 is 14.3 Å². The number of hydrogen-bond donors (Lipinski definition) is 1. The fourth-order valence-electron chi connectivity index (χ4n) is 1.28. The Morgan fingerprint density at radius 3 is 2.64 bits per heavy atom. The zero-order chi connectivity index (χ0) is 10.6. The van der Waals surface area contributed by atoms with Gasteiger partial charge in [-0.05, 0) is 18.1 Å². The summed E-state index contributed by atoms with van der Waals surface area (Å²) >= 11 is 5.81. The van der Waals surface area contributed by atoms with Crippen molar-refractivity contribution >= 4 is 17.6 Å². The van der Waals surface area contributed by atoms with E-state index >= 15 is 0 Å². The molecule has 0 aliphatic heterocycles. The van der Waals surface area contributed by atoms with Gasteiger partial charge in [0, 0.05) is 5.02 Å². The van der Waals surface area contributed by atoms with E-state index < -0.39 is 18.6 Å². The van der Waals surface area contributed by atoms with Crippen LogP contribution in [0.5, 0.6) is 0 Å². The van der Waals surface area contributed by atoms with E-state index in [-0.39, 0.29) is 6.42 Å². The highest BCUT2D eigenvalue weighted by molar-refractivity contribution is 6.31. The molecule has 1 N–H and O–H groups in total. The molecule has 0 aliphatic rings. The normalized spacial score (nSPS) is 12.4. The van der Waals surface area contributed by atoms with Crippen LogP contribution in [-0.2, 0) is 4.79 Å². The molecule has 0 aromatic heterocycles. The minimum absolute atomic E-state index is 0.0426. The first kappa shape index (κ1) is 11.0. The van der Waals surface area contributed by atoms with Gasteiger partial charge in [0.05, 0.1) is 12.6 Å². The Hall–Kier alpha value is -1.09. The predicted molar refractivity (Wildman–Crippen MR) is 52.4 cm³/mol. The van der Waals surface area contributed by atoms with E-state index in [1.165, 1.54) is 0 Å². The number of carbonyl (C=O) groups is 1. The van der Waals surface area contributed by atoms with Gasteiger partial charge in [-0.15, -0.1) is 0 Å². The van der Waals surface area contributed by atoms with Crippen LogP contribution in [0.25, 0.3) is 0 Å². The van der Waals surface area contributed by atoms with E-state index in [4.69, 9.17) is 16.7 Å². The number of halogens is 2. The number of hydrogen-bond acceptors (Lipinski definition) is 1. The van der Waals surface area contributed by atoms with E-state index in [2.05, 4.69) is 0 Å². The first-order chi connectivity index (χ1) is 6.66. The molecule has 0 heterocycles. The fraction of sp³-hybridized carbons (Fsp3) is 0.300. The number of carboxylic acids is 1. The van der Waals surface area contributed by atoms with Gasteiger partial charge in [0.1, 0.15) is 0 Å². The molecule has 1 unspecified atom stereocenters. The smallest absolute Gasteiger partial charge is 0.311 e. The molecule has 1 aromatic carbocycles. The van der Waals surface area contributed by atoms with Crippen molar-refractivity contribution in [2.24, 2.45) is 0 Å². The lowest BCUT2D eigenvalue weighted by Gasteiger charge is -2.11. The molecule has 1 aromatic rings. The molecule has 1 rings (SSSR count). The lowest BCUT2D eigenvalue weighted by atomic mass is 9.96. The van der Waals surface area contributed by atoms with Crippen LogP contribution in [0.2, 0.25) is 5.02 Å². The first-order valence-corrected chi connectivity index (χ1v) is 4.57. The summed E-state index contributed by atoms with van der Waals surface area (Å²) in [4.78, 5) is 10.8. The average Bonchev–Trinajstić information content (AvgIpc) is 2.15. The Labute approximate surface area is 86.3 Å². The van der Waals surface area contributed by atoms with Gasteiger partial charge in [-0.2, -0.15) is 0 Å². The number of aliphatic carboxylic acids is 1. The Morgan fingerprint density at radius 2 is 2.14 bits per heavy atom. The van der Waals surface area contributed by atoms with Crippen LogP contribution in [0.15, 0.2) is 24.3 Å². The first-order valence-electron chi connectivity index (χ1n) is 4.20. The van der Waals surface area contributed by atoms with E-state index in [9.17, 15) is 9.18 Å². The van der Waals surface area contributed by atoms with Crippen LogP contribution < -0.4 is 0 Å². The van der Waals surface area contributed by atoms with Crippen LogP contribution in [0.1, 0.15) is 17.9 Å². The lowest BCUT2D eigenvalue weighted by Crippen LogP contribution is -2.12. The van der Waals surface area contributed by atoms with Gasteiger partial charge in [-0.1, -0.05) is 29.8 Å². The summed E-state index contributed by atoms with van der Waals surface area (Å²) in [5.41, 5.74) is 0.472. The van der Waals surface area contributed by atoms with E-state index in [0.29, 0.717) is 10.6 Å². The number of rotatable bonds is 4. The Balaban J connectivity index is 2.99. The van der Waals surface area contributed by atoms with Crippen molar-refractivity contribution in [3.8, 4) is 0 Å². The molecular formula is C10H10ClFO2. The molecule has 0 fully saturated rings. The molecule has 0 aliphatic carbocycles. The summed E-state index contributed by atoms with van der Waals surface area (Å²) in [5.74, 6) is -1.90. The van der Waals surface area contributed by atoms with Gasteiger partial charge in [-0.3, -0.25) is 9.18 Å². The SMILES string of the molecule is O=C(O)C(CCF)c1ccccc1Cl. The quantitative estimate of drug-likeness (QED) is 0.840. The second kappa shape index (κ2) is 4.96. The molecule has 0 amide bonds. The maximum absolute atomic E-state index is 12.1. The van der Waals surface area contributed by atoms with E-state index in [0.717, 1.165) is 0 Å².